The molecule has 102 valence electrons. The van der Waals surface area contributed by atoms with Crippen LogP contribution in [0.1, 0.15) is 10.7 Å². The van der Waals surface area contributed by atoms with E-state index in [1.807, 2.05) is 12.3 Å². The molecule has 0 bridgehead atoms. The molecule has 0 radical (unpaired) electrons. The fraction of sp³-hybridized carbons (Fsp3) is 0.200. The maximum atomic E-state index is 12.1. The second kappa shape index (κ2) is 5.61. The first-order valence-corrected chi connectivity index (χ1v) is 7.70. The van der Waals surface area contributed by atoms with Gasteiger partial charge < -0.3 is 5.43 Å². The molecule has 2 aromatic rings. The van der Waals surface area contributed by atoms with E-state index in [4.69, 9.17) is 5.84 Å². The Labute approximate surface area is 114 Å². The van der Waals surface area contributed by atoms with Gasteiger partial charge in [0.1, 0.15) is 4.90 Å². The second-order valence-corrected chi connectivity index (χ2v) is 6.50. The third kappa shape index (κ3) is 3.26. The van der Waals surface area contributed by atoms with E-state index in [0.717, 1.165) is 5.01 Å². The number of rotatable bonds is 5. The number of sulfonamides is 1. The van der Waals surface area contributed by atoms with E-state index >= 15 is 0 Å². The molecule has 0 saturated heterocycles. The van der Waals surface area contributed by atoms with Crippen LogP contribution in [0.5, 0.6) is 0 Å². The van der Waals surface area contributed by atoms with Gasteiger partial charge in [-0.15, -0.1) is 11.3 Å². The van der Waals surface area contributed by atoms with E-state index < -0.39 is 10.0 Å². The second-order valence-electron chi connectivity index (χ2n) is 3.70. The monoisotopic (exact) mass is 299 g/mol. The number of hydrazine groups is 1. The Morgan fingerprint density at radius 2 is 2.26 bits per heavy atom. The zero-order valence-corrected chi connectivity index (χ0v) is 11.8. The maximum absolute atomic E-state index is 12.1. The predicted octanol–water partition coefficient (Wildman–Crippen LogP) is 0.611. The number of nitrogen functional groups attached to an aromatic ring is 1. The zero-order valence-electron chi connectivity index (χ0n) is 10.1. The number of aryl methyl sites for hydroxylation is 1. The molecule has 0 aliphatic heterocycles. The minimum Gasteiger partial charge on any atom is -0.323 e. The van der Waals surface area contributed by atoms with Gasteiger partial charge in [0.25, 0.3) is 0 Å². The highest BCUT2D eigenvalue weighted by Crippen LogP contribution is 2.18. The number of anilines is 1. The summed E-state index contributed by atoms with van der Waals surface area (Å²) < 4.78 is 26.7. The van der Waals surface area contributed by atoms with Gasteiger partial charge in [-0.2, -0.15) is 0 Å². The van der Waals surface area contributed by atoms with Crippen LogP contribution < -0.4 is 16.0 Å². The van der Waals surface area contributed by atoms with E-state index in [1.54, 1.807) is 0 Å². The summed E-state index contributed by atoms with van der Waals surface area (Å²) in [5.41, 5.74) is 3.30. The molecule has 0 aromatic carbocycles. The van der Waals surface area contributed by atoms with Crippen molar-refractivity contribution in [3.8, 4) is 0 Å². The molecule has 0 fully saturated rings. The molecule has 0 aliphatic carbocycles. The van der Waals surface area contributed by atoms with Gasteiger partial charge in [0.15, 0.2) is 0 Å². The summed E-state index contributed by atoms with van der Waals surface area (Å²) in [4.78, 5) is 7.98. The maximum Gasteiger partial charge on any atom is 0.244 e. The van der Waals surface area contributed by atoms with Crippen LogP contribution in [0.4, 0.5) is 5.69 Å². The Hall–Kier alpha value is -1.55. The lowest BCUT2D eigenvalue weighted by Gasteiger charge is -2.09. The minimum absolute atomic E-state index is 0.00412. The SMILES string of the molecule is Cc1nc(CNS(=O)(=O)c2cnccc2NN)cs1. The van der Waals surface area contributed by atoms with E-state index in [2.05, 4.69) is 20.1 Å². The summed E-state index contributed by atoms with van der Waals surface area (Å²) in [7, 11) is -3.68. The zero-order chi connectivity index (χ0) is 13.9. The van der Waals surface area contributed by atoms with Crippen molar-refractivity contribution in [2.45, 2.75) is 18.4 Å². The van der Waals surface area contributed by atoms with E-state index in [0.29, 0.717) is 5.69 Å². The Kier molecular flexibility index (Phi) is 4.10. The van der Waals surface area contributed by atoms with Crippen LogP contribution in [0.3, 0.4) is 0 Å². The fourth-order valence-corrected chi connectivity index (χ4v) is 3.17. The molecule has 0 saturated carbocycles. The topological polar surface area (TPSA) is 110 Å². The Balaban J connectivity index is 2.18. The van der Waals surface area contributed by atoms with Crippen LogP contribution in [-0.2, 0) is 16.6 Å². The summed E-state index contributed by atoms with van der Waals surface area (Å²) >= 11 is 1.47. The van der Waals surface area contributed by atoms with Crippen LogP contribution in [0.25, 0.3) is 0 Å². The smallest absolute Gasteiger partial charge is 0.244 e. The number of thiazole rings is 1. The van der Waals surface area contributed by atoms with Crippen molar-refractivity contribution in [3.05, 3.63) is 34.5 Å². The highest BCUT2D eigenvalue weighted by molar-refractivity contribution is 7.89. The Morgan fingerprint density at radius 3 is 2.89 bits per heavy atom. The Morgan fingerprint density at radius 1 is 1.47 bits per heavy atom. The molecule has 0 amide bonds. The number of nitrogens with zero attached hydrogens (tertiary/aromatic N) is 2. The van der Waals surface area contributed by atoms with Crippen molar-refractivity contribution in [1.82, 2.24) is 14.7 Å². The lowest BCUT2D eigenvalue weighted by atomic mass is 10.4. The van der Waals surface area contributed by atoms with Gasteiger partial charge in [0, 0.05) is 17.8 Å². The molecule has 0 spiro atoms. The van der Waals surface area contributed by atoms with Gasteiger partial charge in [-0.25, -0.2) is 18.1 Å². The first kappa shape index (κ1) is 13.9. The first-order valence-electron chi connectivity index (χ1n) is 5.34. The molecule has 2 aromatic heterocycles. The summed E-state index contributed by atoms with van der Waals surface area (Å²) in [5, 5.41) is 2.70. The molecule has 0 aliphatic rings. The lowest BCUT2D eigenvalue weighted by Crippen LogP contribution is -2.25. The van der Waals surface area contributed by atoms with E-state index in [1.165, 1.54) is 29.8 Å². The van der Waals surface area contributed by atoms with Crippen LogP contribution in [0.15, 0.2) is 28.7 Å². The highest BCUT2D eigenvalue weighted by Gasteiger charge is 2.18. The molecule has 2 heterocycles. The molecule has 19 heavy (non-hydrogen) atoms. The number of nitrogens with two attached hydrogens (primary N) is 1. The van der Waals surface area contributed by atoms with Crippen LogP contribution in [-0.4, -0.2) is 18.4 Å². The highest BCUT2D eigenvalue weighted by atomic mass is 32.2. The number of hydrogen-bond donors (Lipinski definition) is 3. The van der Waals surface area contributed by atoms with Crippen molar-refractivity contribution in [3.63, 3.8) is 0 Å². The summed E-state index contributed by atoms with van der Waals surface area (Å²) in [6.07, 6.45) is 2.70. The fourth-order valence-electron chi connectivity index (χ4n) is 1.45. The van der Waals surface area contributed by atoms with Gasteiger partial charge in [-0.05, 0) is 13.0 Å². The normalized spacial score (nSPS) is 11.5. The molecule has 2 rings (SSSR count). The van der Waals surface area contributed by atoms with Crippen LogP contribution in [0.2, 0.25) is 0 Å². The molecule has 7 nitrogen and oxygen atoms in total. The number of hydrogen-bond acceptors (Lipinski definition) is 7. The van der Waals surface area contributed by atoms with E-state index in [-0.39, 0.29) is 17.1 Å². The Bertz CT molecular complexity index is 668. The average Bonchev–Trinajstić information content (AvgIpc) is 2.82. The van der Waals surface area contributed by atoms with Crippen molar-refractivity contribution >= 4 is 27.0 Å². The third-order valence-electron chi connectivity index (χ3n) is 2.34. The van der Waals surface area contributed by atoms with Gasteiger partial charge in [0.05, 0.1) is 22.9 Å². The number of nitrogens with one attached hydrogen (secondary N) is 2. The molecule has 4 N–H and O–H groups in total. The summed E-state index contributed by atoms with van der Waals surface area (Å²) in [6, 6.07) is 1.49. The van der Waals surface area contributed by atoms with E-state index in [9.17, 15) is 8.42 Å². The molecular formula is C10H13N5O2S2. The third-order valence-corrected chi connectivity index (χ3v) is 4.59. The largest absolute Gasteiger partial charge is 0.323 e. The van der Waals surface area contributed by atoms with Crippen molar-refractivity contribution < 1.29 is 8.42 Å². The summed E-state index contributed by atoms with van der Waals surface area (Å²) in [5.74, 6) is 5.28. The standard InChI is InChI=1S/C10H13N5O2S2/c1-7-14-8(6-18-7)4-13-19(16,17)10-5-12-3-2-9(10)15-11/h2-3,5-6,13H,4,11H2,1H3,(H,12,15). The van der Waals surface area contributed by atoms with Crippen molar-refractivity contribution in [2.24, 2.45) is 5.84 Å². The van der Waals surface area contributed by atoms with Gasteiger partial charge in [-0.1, -0.05) is 0 Å². The predicted molar refractivity (Wildman–Crippen MR) is 72.9 cm³/mol. The van der Waals surface area contributed by atoms with Gasteiger partial charge in [-0.3, -0.25) is 10.8 Å². The first-order chi connectivity index (χ1) is 9.03. The minimum atomic E-state index is -3.68. The molecule has 9 heteroatoms. The van der Waals surface area contributed by atoms with Gasteiger partial charge >= 0.3 is 0 Å². The number of aromatic nitrogens is 2. The van der Waals surface area contributed by atoms with Crippen molar-refractivity contribution in [1.29, 1.82) is 0 Å². The average molecular weight is 299 g/mol. The van der Waals surface area contributed by atoms with Gasteiger partial charge in [0.2, 0.25) is 10.0 Å². The molecule has 0 atom stereocenters. The van der Waals surface area contributed by atoms with Crippen molar-refractivity contribution in [2.75, 3.05) is 5.43 Å². The lowest BCUT2D eigenvalue weighted by molar-refractivity contribution is 0.580. The molecule has 0 unspecified atom stereocenters. The van der Waals surface area contributed by atoms with Crippen LogP contribution in [0, 0.1) is 6.92 Å². The molecular weight excluding hydrogens is 286 g/mol. The summed E-state index contributed by atoms with van der Waals surface area (Å²) in [6.45, 7) is 1.99. The quantitative estimate of drug-likeness (QED) is 0.551. The van der Waals surface area contributed by atoms with Crippen LogP contribution >= 0.6 is 11.3 Å². The number of pyridine rings is 1.